The van der Waals surface area contributed by atoms with Crippen LogP contribution in [0.5, 0.6) is 0 Å². The summed E-state index contributed by atoms with van der Waals surface area (Å²) in [5.41, 5.74) is 2.58. The van der Waals surface area contributed by atoms with E-state index in [1.165, 1.54) is 13.2 Å². The number of aliphatic hydroxyl groups is 1. The van der Waals surface area contributed by atoms with Gasteiger partial charge < -0.3 is 19.1 Å². The summed E-state index contributed by atoms with van der Waals surface area (Å²) in [5, 5.41) is 19.1. The summed E-state index contributed by atoms with van der Waals surface area (Å²) in [6, 6.07) is 8.85. The third-order valence-electron chi connectivity index (χ3n) is 7.21. The van der Waals surface area contributed by atoms with Gasteiger partial charge in [0.1, 0.15) is 23.1 Å². The van der Waals surface area contributed by atoms with Crippen molar-refractivity contribution in [2.45, 2.75) is 84.5 Å². The third kappa shape index (κ3) is 7.17. The number of hydrogen-bond acceptors (Lipinski definition) is 10. The summed E-state index contributed by atoms with van der Waals surface area (Å²) in [5.74, 6) is 1.26. The number of methoxy groups -OCH3 is 1. The van der Waals surface area contributed by atoms with E-state index in [0.29, 0.717) is 35.8 Å². The SMILES string of the molecule is CCCCc1nc(C(C)(C)O)nn1Cc1ccc(-c2ncccc2S(=O)(=O)N(COC)c2onc(C)c2C)c(COCC)c1. The topological polar surface area (TPSA) is 146 Å². The first-order valence-corrected chi connectivity index (χ1v) is 16.1. The molecule has 3 heterocycles. The largest absolute Gasteiger partial charge is 0.382 e. The van der Waals surface area contributed by atoms with Gasteiger partial charge in [-0.3, -0.25) is 4.98 Å². The van der Waals surface area contributed by atoms with E-state index in [9.17, 15) is 13.5 Å². The van der Waals surface area contributed by atoms with Crippen LogP contribution in [0.1, 0.15) is 74.6 Å². The molecule has 0 saturated carbocycles. The normalized spacial score (nSPS) is 12.2. The van der Waals surface area contributed by atoms with Crippen molar-refractivity contribution < 1.29 is 27.5 Å². The minimum absolute atomic E-state index is 0.0102. The monoisotopic (exact) mass is 626 g/mol. The Balaban J connectivity index is 1.79. The number of ether oxygens (including phenoxy) is 2. The number of benzene rings is 1. The van der Waals surface area contributed by atoms with E-state index >= 15 is 0 Å². The maximum Gasteiger partial charge on any atom is 0.270 e. The van der Waals surface area contributed by atoms with Crippen molar-refractivity contribution in [3.05, 3.63) is 70.6 Å². The number of anilines is 1. The summed E-state index contributed by atoms with van der Waals surface area (Å²) in [6.07, 6.45) is 4.25. The van der Waals surface area contributed by atoms with Crippen molar-refractivity contribution in [2.75, 3.05) is 24.8 Å². The van der Waals surface area contributed by atoms with Crippen molar-refractivity contribution in [1.29, 1.82) is 0 Å². The minimum atomic E-state index is -4.20. The molecule has 0 unspecified atom stereocenters. The zero-order valence-electron chi connectivity index (χ0n) is 26.5. The van der Waals surface area contributed by atoms with Crippen LogP contribution in [-0.2, 0) is 44.7 Å². The molecular weight excluding hydrogens is 584 g/mol. The molecule has 0 aliphatic heterocycles. The molecule has 1 aromatic carbocycles. The van der Waals surface area contributed by atoms with Crippen molar-refractivity contribution in [1.82, 2.24) is 24.9 Å². The van der Waals surface area contributed by atoms with Crippen molar-refractivity contribution in [3.8, 4) is 11.3 Å². The second kappa shape index (κ2) is 14.0. The Morgan fingerprint density at radius 3 is 2.57 bits per heavy atom. The molecule has 0 aliphatic carbocycles. The lowest BCUT2D eigenvalue weighted by Gasteiger charge is -2.23. The molecule has 0 spiro atoms. The van der Waals surface area contributed by atoms with Gasteiger partial charge in [0.2, 0.25) is 5.88 Å². The average Bonchev–Trinajstić information content (AvgIpc) is 3.55. The first kappa shape index (κ1) is 33.2. The number of unbranched alkanes of at least 4 members (excludes halogenated alkanes) is 1. The molecule has 1 N–H and O–H groups in total. The van der Waals surface area contributed by atoms with E-state index in [0.717, 1.165) is 40.5 Å². The maximum absolute atomic E-state index is 14.2. The van der Waals surface area contributed by atoms with Gasteiger partial charge in [0.15, 0.2) is 5.82 Å². The molecule has 0 atom stereocenters. The van der Waals surface area contributed by atoms with Gasteiger partial charge in [0.25, 0.3) is 10.0 Å². The van der Waals surface area contributed by atoms with Crippen LogP contribution in [-0.4, -0.2) is 58.9 Å². The number of nitrogens with zero attached hydrogens (tertiary/aromatic N) is 6. The zero-order valence-corrected chi connectivity index (χ0v) is 27.3. The Labute approximate surface area is 259 Å². The average molecular weight is 627 g/mol. The summed E-state index contributed by atoms with van der Waals surface area (Å²) in [6.45, 7) is 11.7. The third-order valence-corrected chi connectivity index (χ3v) is 8.95. The van der Waals surface area contributed by atoms with Crippen molar-refractivity contribution in [3.63, 3.8) is 0 Å². The maximum atomic E-state index is 14.2. The quantitative estimate of drug-likeness (QED) is 0.181. The van der Waals surface area contributed by atoms with Crippen LogP contribution >= 0.6 is 0 Å². The molecule has 0 aliphatic rings. The van der Waals surface area contributed by atoms with Crippen LogP contribution < -0.4 is 4.31 Å². The Kier molecular flexibility index (Phi) is 10.6. The molecule has 4 aromatic rings. The fraction of sp³-hybridized carbons (Fsp3) is 0.484. The smallest absolute Gasteiger partial charge is 0.270 e. The van der Waals surface area contributed by atoms with Gasteiger partial charge >= 0.3 is 0 Å². The van der Waals surface area contributed by atoms with E-state index in [4.69, 9.17) is 14.0 Å². The molecule has 44 heavy (non-hydrogen) atoms. The van der Waals surface area contributed by atoms with Gasteiger partial charge in [-0.2, -0.15) is 5.10 Å². The molecule has 12 nitrogen and oxygen atoms in total. The molecule has 0 bridgehead atoms. The fourth-order valence-electron chi connectivity index (χ4n) is 4.67. The number of hydrogen-bond donors (Lipinski definition) is 1. The number of aryl methyl sites for hydroxylation is 2. The first-order chi connectivity index (χ1) is 20.9. The van der Waals surface area contributed by atoms with Crippen LogP contribution in [0.15, 0.2) is 45.9 Å². The Morgan fingerprint density at radius 1 is 1.16 bits per heavy atom. The fourth-order valence-corrected chi connectivity index (χ4v) is 6.20. The van der Waals surface area contributed by atoms with Crippen LogP contribution in [0.4, 0.5) is 5.88 Å². The van der Waals surface area contributed by atoms with E-state index in [-0.39, 0.29) is 29.8 Å². The second-order valence-electron chi connectivity index (χ2n) is 11.1. The van der Waals surface area contributed by atoms with Gasteiger partial charge in [-0.15, -0.1) is 0 Å². The Hall–Kier alpha value is -3.65. The summed E-state index contributed by atoms with van der Waals surface area (Å²) >= 11 is 0. The van der Waals surface area contributed by atoms with Crippen LogP contribution in [0, 0.1) is 13.8 Å². The van der Waals surface area contributed by atoms with Gasteiger partial charge in [-0.05, 0) is 64.3 Å². The van der Waals surface area contributed by atoms with E-state index in [1.807, 2.05) is 29.8 Å². The van der Waals surface area contributed by atoms with Gasteiger partial charge in [-0.25, -0.2) is 22.4 Å². The first-order valence-electron chi connectivity index (χ1n) is 14.7. The standard InChI is InChI=1S/C31H42N6O6S/c1-8-10-13-27-33-30(31(5,6)38)34-36(27)18-23-14-15-25(24(17-23)19-42-9-2)28-26(12-11-16-32-28)44(39,40)37(20-41-7)29-21(3)22(4)35-43-29/h11-12,14-17,38H,8-10,13,18-20H2,1-7H3. The molecule has 3 aromatic heterocycles. The van der Waals surface area contributed by atoms with Crippen LogP contribution in [0.3, 0.4) is 0 Å². The van der Waals surface area contributed by atoms with E-state index in [1.54, 1.807) is 40.0 Å². The Bertz CT molecular complexity index is 1680. The molecule has 0 fully saturated rings. The molecule has 0 radical (unpaired) electrons. The number of pyridine rings is 1. The highest BCUT2D eigenvalue weighted by Gasteiger charge is 2.33. The lowest BCUT2D eigenvalue weighted by Crippen LogP contribution is -2.33. The highest BCUT2D eigenvalue weighted by Crippen LogP contribution is 2.34. The molecular formula is C31H42N6O6S. The summed E-state index contributed by atoms with van der Waals surface area (Å²) in [4.78, 5) is 9.15. The molecule has 0 saturated heterocycles. The van der Waals surface area contributed by atoms with Crippen LogP contribution in [0.2, 0.25) is 0 Å². The number of sulfonamides is 1. The van der Waals surface area contributed by atoms with E-state index in [2.05, 4.69) is 27.1 Å². The lowest BCUT2D eigenvalue weighted by molar-refractivity contribution is 0.0685. The summed E-state index contributed by atoms with van der Waals surface area (Å²) in [7, 11) is -2.79. The Morgan fingerprint density at radius 2 is 1.93 bits per heavy atom. The van der Waals surface area contributed by atoms with Gasteiger partial charge in [0, 0.05) is 37.5 Å². The van der Waals surface area contributed by atoms with Crippen LogP contribution in [0.25, 0.3) is 11.3 Å². The van der Waals surface area contributed by atoms with Gasteiger partial charge in [0.05, 0.1) is 24.5 Å². The molecule has 238 valence electrons. The predicted octanol–water partition coefficient (Wildman–Crippen LogP) is 4.90. The van der Waals surface area contributed by atoms with Gasteiger partial charge in [-0.1, -0.05) is 36.7 Å². The number of aromatic nitrogens is 5. The molecule has 13 heteroatoms. The second-order valence-corrected chi connectivity index (χ2v) is 13.0. The van der Waals surface area contributed by atoms with E-state index < -0.39 is 15.6 Å². The molecule has 4 rings (SSSR count). The highest BCUT2D eigenvalue weighted by atomic mass is 32.2. The predicted molar refractivity (Wildman–Crippen MR) is 166 cm³/mol. The minimum Gasteiger partial charge on any atom is -0.382 e. The van der Waals surface area contributed by atoms with Crippen molar-refractivity contribution >= 4 is 15.9 Å². The summed E-state index contributed by atoms with van der Waals surface area (Å²) < 4.78 is 47.7. The molecule has 0 amide bonds. The lowest BCUT2D eigenvalue weighted by atomic mass is 10.0. The van der Waals surface area contributed by atoms with Crippen molar-refractivity contribution in [2.24, 2.45) is 0 Å². The zero-order chi connectivity index (χ0) is 32.1. The number of rotatable bonds is 15. The highest BCUT2D eigenvalue weighted by molar-refractivity contribution is 7.93.